The van der Waals surface area contributed by atoms with E-state index < -0.39 is 0 Å². The first-order valence-electron chi connectivity index (χ1n) is 7.50. The lowest BCUT2D eigenvalue weighted by atomic mass is 9.64. The molecule has 2 aliphatic carbocycles. The van der Waals surface area contributed by atoms with Crippen LogP contribution in [-0.2, 0) is 9.47 Å². The van der Waals surface area contributed by atoms with Crippen LogP contribution in [0.4, 0.5) is 0 Å². The van der Waals surface area contributed by atoms with E-state index in [0.29, 0.717) is 6.10 Å². The molecule has 2 heterocycles. The quantitative estimate of drug-likeness (QED) is 0.541. The molecular formula is C17H20NO2+. The van der Waals surface area contributed by atoms with E-state index in [1.807, 2.05) is 6.08 Å². The number of allylic oxidation sites excluding steroid dienone is 2. The Kier molecular flexibility index (Phi) is 2.63. The van der Waals surface area contributed by atoms with Gasteiger partial charge in [0.15, 0.2) is 0 Å². The van der Waals surface area contributed by atoms with Crippen LogP contribution < -0.4 is 0 Å². The summed E-state index contributed by atoms with van der Waals surface area (Å²) in [6, 6.07) is 0. The Morgan fingerprint density at radius 2 is 2.40 bits per heavy atom. The van der Waals surface area contributed by atoms with Crippen molar-refractivity contribution in [1.82, 2.24) is 0 Å². The van der Waals surface area contributed by atoms with Crippen LogP contribution in [0, 0.1) is 17.4 Å². The minimum Gasteiger partial charge on any atom is -0.457 e. The van der Waals surface area contributed by atoms with E-state index in [9.17, 15) is 0 Å². The van der Waals surface area contributed by atoms with E-state index in [4.69, 9.17) is 14.5 Å². The average molecular weight is 270 g/mol. The van der Waals surface area contributed by atoms with Crippen molar-refractivity contribution >= 4 is 5.71 Å². The van der Waals surface area contributed by atoms with Gasteiger partial charge < -0.3 is 9.47 Å². The van der Waals surface area contributed by atoms with E-state index in [-0.39, 0.29) is 17.4 Å². The van der Waals surface area contributed by atoms with Crippen molar-refractivity contribution in [2.75, 3.05) is 7.11 Å². The van der Waals surface area contributed by atoms with Gasteiger partial charge in [-0.1, -0.05) is 12.2 Å². The van der Waals surface area contributed by atoms with Gasteiger partial charge in [-0.15, -0.1) is 0 Å². The summed E-state index contributed by atoms with van der Waals surface area (Å²) in [5.74, 6) is 1.08. The standard InChI is InChI=1S/C17H20NO2/c1-11-8-10-17-9-4-3-5-14(17)20-12-6-7-13(19-2)16(18-11)15(12)17/h4,6,9,12,14-15H,3,5,8,10H2,1-2H3/q+1. The van der Waals surface area contributed by atoms with Crippen molar-refractivity contribution in [3.05, 3.63) is 35.8 Å². The van der Waals surface area contributed by atoms with Gasteiger partial charge in [-0.05, 0) is 32.6 Å². The van der Waals surface area contributed by atoms with Crippen LogP contribution in [0.2, 0.25) is 0 Å². The molecule has 1 saturated heterocycles. The van der Waals surface area contributed by atoms with Gasteiger partial charge in [-0.3, -0.25) is 0 Å². The third-order valence-corrected chi connectivity index (χ3v) is 5.19. The van der Waals surface area contributed by atoms with Gasteiger partial charge in [-0.2, -0.15) is 4.99 Å². The van der Waals surface area contributed by atoms with Crippen LogP contribution in [0.1, 0.15) is 32.6 Å². The van der Waals surface area contributed by atoms with E-state index in [0.717, 1.165) is 37.1 Å². The number of ether oxygens (including phenoxy) is 2. The van der Waals surface area contributed by atoms with Crippen LogP contribution in [0.25, 0.3) is 0 Å². The van der Waals surface area contributed by atoms with Crippen molar-refractivity contribution in [3.63, 3.8) is 0 Å². The SMILES string of the molecule is COC1=C2N=C(C)CCC34C=CCCC3OC(C=[C+]1)C24. The first-order valence-corrected chi connectivity index (χ1v) is 7.50. The lowest BCUT2D eigenvalue weighted by molar-refractivity contribution is 0.0300. The molecule has 104 valence electrons. The summed E-state index contributed by atoms with van der Waals surface area (Å²) in [5.41, 5.74) is 2.34. The fourth-order valence-electron chi connectivity index (χ4n) is 4.26. The molecule has 0 aromatic carbocycles. The van der Waals surface area contributed by atoms with E-state index in [1.54, 1.807) is 7.11 Å². The Labute approximate surface area is 120 Å². The van der Waals surface area contributed by atoms with Gasteiger partial charge in [0.05, 0.1) is 19.3 Å². The Morgan fingerprint density at radius 3 is 3.25 bits per heavy atom. The Bertz CT molecular complexity index is 557. The highest BCUT2D eigenvalue weighted by Crippen LogP contribution is 2.57. The van der Waals surface area contributed by atoms with Gasteiger partial charge >= 0.3 is 5.76 Å². The molecule has 3 heteroatoms. The van der Waals surface area contributed by atoms with Crippen molar-refractivity contribution in [3.8, 4) is 0 Å². The fraction of sp³-hybridized carbons (Fsp3) is 0.588. The molecule has 0 bridgehead atoms. The number of nitrogens with zero attached hydrogens (tertiary/aromatic N) is 1. The molecule has 20 heavy (non-hydrogen) atoms. The predicted octanol–water partition coefficient (Wildman–Crippen LogP) is 3.19. The Balaban J connectivity index is 1.91. The van der Waals surface area contributed by atoms with Crippen LogP contribution in [0.15, 0.2) is 34.7 Å². The van der Waals surface area contributed by atoms with Crippen molar-refractivity contribution in [1.29, 1.82) is 0 Å². The number of aliphatic imine (C=N–C) groups is 1. The lowest BCUT2D eigenvalue weighted by Gasteiger charge is -2.35. The molecule has 2 aliphatic heterocycles. The predicted molar refractivity (Wildman–Crippen MR) is 77.1 cm³/mol. The zero-order chi connectivity index (χ0) is 13.7. The van der Waals surface area contributed by atoms with Crippen molar-refractivity contribution < 1.29 is 9.47 Å². The molecule has 1 spiro atoms. The summed E-state index contributed by atoms with van der Waals surface area (Å²) in [6.45, 7) is 2.12. The van der Waals surface area contributed by atoms with Gasteiger partial charge in [0.2, 0.25) is 5.70 Å². The molecule has 0 radical (unpaired) electrons. The summed E-state index contributed by atoms with van der Waals surface area (Å²) in [5, 5.41) is 0. The maximum Gasteiger partial charge on any atom is 0.372 e. The third-order valence-electron chi connectivity index (χ3n) is 5.19. The molecule has 4 aliphatic rings. The average Bonchev–Trinajstić information content (AvgIpc) is 2.72. The lowest BCUT2D eigenvalue weighted by Crippen LogP contribution is -2.38. The Hall–Kier alpha value is -1.44. The second kappa shape index (κ2) is 4.28. The van der Waals surface area contributed by atoms with E-state index in [2.05, 4.69) is 25.2 Å². The van der Waals surface area contributed by atoms with Crippen LogP contribution in [-0.4, -0.2) is 25.0 Å². The number of methoxy groups -OCH3 is 1. The van der Waals surface area contributed by atoms with Crippen molar-refractivity contribution in [2.24, 2.45) is 16.3 Å². The molecule has 4 atom stereocenters. The third kappa shape index (κ3) is 1.51. The molecule has 0 saturated carbocycles. The van der Waals surface area contributed by atoms with Crippen molar-refractivity contribution in [2.45, 2.75) is 44.8 Å². The van der Waals surface area contributed by atoms with Crippen LogP contribution in [0.5, 0.6) is 0 Å². The molecule has 4 unspecified atom stereocenters. The second-order valence-corrected chi connectivity index (χ2v) is 6.24. The zero-order valence-corrected chi connectivity index (χ0v) is 12.1. The number of rotatable bonds is 1. The molecule has 0 amide bonds. The summed E-state index contributed by atoms with van der Waals surface area (Å²) in [4.78, 5) is 4.85. The topological polar surface area (TPSA) is 30.8 Å². The summed E-state index contributed by atoms with van der Waals surface area (Å²) in [6.07, 6.45) is 14.8. The monoisotopic (exact) mass is 270 g/mol. The molecule has 0 N–H and O–H groups in total. The first kappa shape index (κ1) is 12.3. The highest BCUT2D eigenvalue weighted by Gasteiger charge is 2.62. The number of hydrogen-bond donors (Lipinski definition) is 0. The normalized spacial score (nSPS) is 41.5. The highest BCUT2D eigenvalue weighted by atomic mass is 16.5. The van der Waals surface area contributed by atoms with Crippen LogP contribution >= 0.6 is 0 Å². The minimum absolute atomic E-state index is 0.0991. The summed E-state index contributed by atoms with van der Waals surface area (Å²) < 4.78 is 11.8. The highest BCUT2D eigenvalue weighted by molar-refractivity contribution is 5.83. The van der Waals surface area contributed by atoms with Gasteiger partial charge in [0, 0.05) is 11.1 Å². The van der Waals surface area contributed by atoms with Crippen LogP contribution in [0.3, 0.4) is 0 Å². The molecule has 1 fully saturated rings. The smallest absolute Gasteiger partial charge is 0.372 e. The Morgan fingerprint density at radius 1 is 1.50 bits per heavy atom. The maximum atomic E-state index is 6.33. The molecule has 0 aromatic rings. The second-order valence-electron chi connectivity index (χ2n) is 6.24. The maximum absolute atomic E-state index is 6.33. The summed E-state index contributed by atoms with van der Waals surface area (Å²) in [7, 11) is 1.70. The van der Waals surface area contributed by atoms with E-state index >= 15 is 0 Å². The van der Waals surface area contributed by atoms with Gasteiger partial charge in [0.1, 0.15) is 18.1 Å². The first-order chi connectivity index (χ1) is 9.74. The summed E-state index contributed by atoms with van der Waals surface area (Å²) >= 11 is 0. The molecule has 4 rings (SSSR count). The zero-order valence-electron chi connectivity index (χ0n) is 12.1. The van der Waals surface area contributed by atoms with E-state index in [1.165, 1.54) is 5.71 Å². The minimum atomic E-state index is 0.0991. The van der Waals surface area contributed by atoms with Gasteiger partial charge in [-0.25, -0.2) is 0 Å². The molecule has 0 aromatic heterocycles. The van der Waals surface area contributed by atoms with Gasteiger partial charge in [0.25, 0.3) is 0 Å². The molecule has 3 nitrogen and oxygen atoms in total. The fourth-order valence-corrected chi connectivity index (χ4v) is 4.26. The molecular weight excluding hydrogens is 250 g/mol. The number of hydrogen-bond acceptors (Lipinski definition) is 3. The largest absolute Gasteiger partial charge is 0.457 e.